The number of nitrogens with zero attached hydrogens (tertiary/aromatic N) is 4. The minimum absolute atomic E-state index is 0.203. The first-order valence-corrected chi connectivity index (χ1v) is 6.38. The van der Waals surface area contributed by atoms with Crippen molar-refractivity contribution in [2.45, 2.75) is 26.4 Å². The Bertz CT molecular complexity index is 531. The molecule has 0 aromatic carbocycles. The van der Waals surface area contributed by atoms with E-state index in [-0.39, 0.29) is 6.04 Å². The third-order valence-electron chi connectivity index (χ3n) is 3.06. The largest absolute Gasteiger partial charge is 0.383 e. The van der Waals surface area contributed by atoms with Gasteiger partial charge in [0.25, 0.3) is 0 Å². The van der Waals surface area contributed by atoms with Crippen LogP contribution < -0.4 is 5.32 Å². The molecule has 0 aliphatic carbocycles. The molecule has 2 heterocycles. The van der Waals surface area contributed by atoms with Gasteiger partial charge in [-0.15, -0.1) is 0 Å². The van der Waals surface area contributed by atoms with E-state index in [0.29, 0.717) is 6.61 Å². The van der Waals surface area contributed by atoms with Crippen molar-refractivity contribution in [2.75, 3.05) is 19.0 Å². The van der Waals surface area contributed by atoms with Gasteiger partial charge in [0.15, 0.2) is 0 Å². The maximum Gasteiger partial charge on any atom is 0.0731 e. The first kappa shape index (κ1) is 13.6. The fraction of sp³-hybridized carbons (Fsp3) is 0.538. The highest BCUT2D eigenvalue weighted by Gasteiger charge is 2.12. The van der Waals surface area contributed by atoms with Crippen molar-refractivity contribution < 1.29 is 4.74 Å². The van der Waals surface area contributed by atoms with Crippen molar-refractivity contribution in [1.29, 1.82) is 0 Å². The van der Waals surface area contributed by atoms with Gasteiger partial charge < -0.3 is 10.1 Å². The highest BCUT2D eigenvalue weighted by molar-refractivity contribution is 5.41. The summed E-state index contributed by atoms with van der Waals surface area (Å²) >= 11 is 0. The molecule has 1 N–H and O–H groups in total. The van der Waals surface area contributed by atoms with Crippen LogP contribution in [0.2, 0.25) is 0 Å². The highest BCUT2D eigenvalue weighted by Crippen LogP contribution is 2.20. The molecular formula is C13H21N5O. The van der Waals surface area contributed by atoms with Gasteiger partial charge >= 0.3 is 0 Å². The van der Waals surface area contributed by atoms with Gasteiger partial charge in [0.1, 0.15) is 0 Å². The van der Waals surface area contributed by atoms with Crippen molar-refractivity contribution in [3.63, 3.8) is 0 Å². The van der Waals surface area contributed by atoms with Crippen LogP contribution in [0, 0.1) is 6.92 Å². The molecule has 0 bridgehead atoms. The molecule has 6 nitrogen and oxygen atoms in total. The van der Waals surface area contributed by atoms with Crippen LogP contribution in [0.15, 0.2) is 18.6 Å². The standard InChI is InChI=1S/C13H21N5O/c1-10(13-9-17(3)16-11(13)2)15-12-7-14-18(8-12)5-6-19-4/h7-10,15H,5-6H2,1-4H3. The molecule has 0 fully saturated rings. The smallest absolute Gasteiger partial charge is 0.0731 e. The number of aryl methyl sites for hydroxylation is 2. The van der Waals surface area contributed by atoms with Crippen LogP contribution in [-0.2, 0) is 18.3 Å². The summed E-state index contributed by atoms with van der Waals surface area (Å²) in [6, 6.07) is 0.203. The van der Waals surface area contributed by atoms with Crippen LogP contribution in [0.4, 0.5) is 5.69 Å². The van der Waals surface area contributed by atoms with Crippen molar-refractivity contribution in [2.24, 2.45) is 7.05 Å². The second-order valence-corrected chi connectivity index (χ2v) is 4.69. The minimum atomic E-state index is 0.203. The lowest BCUT2D eigenvalue weighted by Crippen LogP contribution is -2.07. The molecule has 2 aromatic rings. The van der Waals surface area contributed by atoms with Crippen LogP contribution in [-0.4, -0.2) is 33.3 Å². The summed E-state index contributed by atoms with van der Waals surface area (Å²) in [4.78, 5) is 0. The van der Waals surface area contributed by atoms with Gasteiger partial charge in [-0.05, 0) is 13.8 Å². The molecular weight excluding hydrogens is 242 g/mol. The summed E-state index contributed by atoms with van der Waals surface area (Å²) in [5, 5.41) is 12.1. The third kappa shape index (κ3) is 3.35. The van der Waals surface area contributed by atoms with Gasteiger partial charge in [-0.2, -0.15) is 10.2 Å². The van der Waals surface area contributed by atoms with Crippen LogP contribution in [0.25, 0.3) is 0 Å². The van der Waals surface area contributed by atoms with E-state index in [1.165, 1.54) is 5.56 Å². The van der Waals surface area contributed by atoms with E-state index in [4.69, 9.17) is 4.74 Å². The maximum atomic E-state index is 5.03. The number of nitrogens with one attached hydrogen (secondary N) is 1. The SMILES string of the molecule is COCCn1cc(NC(C)c2cn(C)nc2C)cn1. The Hall–Kier alpha value is -1.82. The molecule has 2 rings (SSSR count). The molecule has 2 aromatic heterocycles. The Morgan fingerprint density at radius 3 is 2.84 bits per heavy atom. The molecule has 1 atom stereocenters. The highest BCUT2D eigenvalue weighted by atomic mass is 16.5. The molecule has 0 radical (unpaired) electrons. The van der Waals surface area contributed by atoms with E-state index in [1.54, 1.807) is 7.11 Å². The van der Waals surface area contributed by atoms with Crippen LogP contribution >= 0.6 is 0 Å². The summed E-state index contributed by atoms with van der Waals surface area (Å²) < 4.78 is 8.74. The summed E-state index contributed by atoms with van der Waals surface area (Å²) in [6.45, 7) is 5.57. The van der Waals surface area contributed by atoms with Gasteiger partial charge in [0, 0.05) is 32.1 Å². The topological polar surface area (TPSA) is 56.9 Å². The fourth-order valence-electron chi connectivity index (χ4n) is 2.12. The second kappa shape index (κ2) is 5.88. The lowest BCUT2D eigenvalue weighted by atomic mass is 10.1. The quantitative estimate of drug-likeness (QED) is 0.862. The van der Waals surface area contributed by atoms with E-state index >= 15 is 0 Å². The van der Waals surface area contributed by atoms with Gasteiger partial charge in [-0.1, -0.05) is 0 Å². The minimum Gasteiger partial charge on any atom is -0.383 e. The van der Waals surface area contributed by atoms with E-state index in [2.05, 4.69) is 22.4 Å². The van der Waals surface area contributed by atoms with Crippen molar-refractivity contribution >= 4 is 5.69 Å². The third-order valence-corrected chi connectivity index (χ3v) is 3.06. The Balaban J connectivity index is 2.00. The van der Waals surface area contributed by atoms with Crippen molar-refractivity contribution in [1.82, 2.24) is 19.6 Å². The zero-order valence-electron chi connectivity index (χ0n) is 11.9. The Kier molecular flexibility index (Phi) is 4.21. The summed E-state index contributed by atoms with van der Waals surface area (Å²) in [5.74, 6) is 0. The predicted octanol–water partition coefficient (Wildman–Crippen LogP) is 1.74. The molecule has 0 spiro atoms. The Morgan fingerprint density at radius 2 is 2.21 bits per heavy atom. The van der Waals surface area contributed by atoms with Crippen molar-refractivity contribution in [3.8, 4) is 0 Å². The Morgan fingerprint density at radius 1 is 1.42 bits per heavy atom. The van der Waals surface area contributed by atoms with E-state index in [9.17, 15) is 0 Å². The number of methoxy groups -OCH3 is 1. The Labute approximate surface area is 113 Å². The molecule has 19 heavy (non-hydrogen) atoms. The summed E-state index contributed by atoms with van der Waals surface area (Å²) in [6.07, 6.45) is 5.86. The predicted molar refractivity (Wildman–Crippen MR) is 74.1 cm³/mol. The molecule has 1 unspecified atom stereocenters. The molecule has 0 saturated carbocycles. The zero-order valence-corrected chi connectivity index (χ0v) is 11.9. The van der Waals surface area contributed by atoms with Crippen LogP contribution in [0.3, 0.4) is 0 Å². The molecule has 104 valence electrons. The number of rotatable bonds is 6. The normalized spacial score (nSPS) is 12.6. The number of hydrogen-bond donors (Lipinski definition) is 1. The average molecular weight is 263 g/mol. The van der Waals surface area contributed by atoms with Crippen LogP contribution in [0.5, 0.6) is 0 Å². The number of hydrogen-bond acceptors (Lipinski definition) is 4. The van der Waals surface area contributed by atoms with E-state index in [0.717, 1.165) is 17.9 Å². The monoisotopic (exact) mass is 263 g/mol. The molecule has 0 aliphatic heterocycles. The first-order chi connectivity index (χ1) is 9.10. The first-order valence-electron chi connectivity index (χ1n) is 6.38. The summed E-state index contributed by atoms with van der Waals surface area (Å²) in [5.41, 5.74) is 3.26. The molecule has 0 saturated heterocycles. The summed E-state index contributed by atoms with van der Waals surface area (Å²) in [7, 11) is 3.63. The van der Waals surface area contributed by atoms with Gasteiger partial charge in [0.05, 0.1) is 36.8 Å². The fourth-order valence-corrected chi connectivity index (χ4v) is 2.12. The molecule has 6 heteroatoms. The zero-order chi connectivity index (χ0) is 13.8. The van der Waals surface area contributed by atoms with Crippen LogP contribution in [0.1, 0.15) is 24.2 Å². The van der Waals surface area contributed by atoms with Gasteiger partial charge in [-0.3, -0.25) is 9.36 Å². The number of aromatic nitrogens is 4. The number of ether oxygens (including phenoxy) is 1. The number of anilines is 1. The molecule has 0 aliphatic rings. The maximum absolute atomic E-state index is 5.03. The van der Waals surface area contributed by atoms with E-state index < -0.39 is 0 Å². The van der Waals surface area contributed by atoms with Gasteiger partial charge in [-0.25, -0.2) is 0 Å². The van der Waals surface area contributed by atoms with Crippen molar-refractivity contribution in [3.05, 3.63) is 29.8 Å². The van der Waals surface area contributed by atoms with E-state index in [1.807, 2.05) is 41.9 Å². The molecule has 0 amide bonds. The van der Waals surface area contributed by atoms with Gasteiger partial charge in [0.2, 0.25) is 0 Å². The average Bonchev–Trinajstić information content (AvgIpc) is 2.93. The lowest BCUT2D eigenvalue weighted by Gasteiger charge is -2.12. The lowest BCUT2D eigenvalue weighted by molar-refractivity contribution is 0.183. The second-order valence-electron chi connectivity index (χ2n) is 4.69.